The zero-order valence-electron chi connectivity index (χ0n) is 10.7. The van der Waals surface area contributed by atoms with E-state index in [9.17, 15) is 9.18 Å². The second-order valence-electron chi connectivity index (χ2n) is 4.37. The molecule has 0 amide bonds. The molecule has 2 aromatic rings. The first-order valence-corrected chi connectivity index (χ1v) is 6.74. The molecule has 0 unspecified atom stereocenters. The van der Waals surface area contributed by atoms with Crippen molar-refractivity contribution in [3.63, 3.8) is 0 Å². The molecule has 0 saturated carbocycles. The fourth-order valence-electron chi connectivity index (χ4n) is 1.85. The van der Waals surface area contributed by atoms with Crippen molar-refractivity contribution in [1.82, 2.24) is 5.32 Å². The average molecular weight is 342 g/mol. The molecule has 0 fully saturated rings. The van der Waals surface area contributed by atoms with Crippen LogP contribution in [0.2, 0.25) is 0 Å². The highest BCUT2D eigenvalue weighted by Crippen LogP contribution is 2.17. The van der Waals surface area contributed by atoms with E-state index in [1.165, 1.54) is 6.07 Å². The summed E-state index contributed by atoms with van der Waals surface area (Å²) in [5, 5.41) is 11.9. The lowest BCUT2D eigenvalue weighted by Crippen LogP contribution is -2.13. The molecule has 0 aliphatic carbocycles. The third kappa shape index (κ3) is 3.46. The van der Waals surface area contributed by atoms with Crippen LogP contribution in [0.3, 0.4) is 0 Å². The number of rotatable bonds is 5. The van der Waals surface area contributed by atoms with E-state index in [1.54, 1.807) is 25.1 Å². The van der Waals surface area contributed by atoms with Crippen molar-refractivity contribution in [1.29, 1.82) is 0 Å². The van der Waals surface area contributed by atoms with E-state index in [4.69, 9.17) is 9.52 Å². The first-order chi connectivity index (χ1) is 9.47. The van der Waals surface area contributed by atoms with Gasteiger partial charge in [-0.25, -0.2) is 9.18 Å². The van der Waals surface area contributed by atoms with Gasteiger partial charge in [0.15, 0.2) is 0 Å². The second kappa shape index (κ2) is 6.19. The lowest BCUT2D eigenvalue weighted by molar-refractivity contribution is 0.0659. The minimum atomic E-state index is -1.09. The van der Waals surface area contributed by atoms with E-state index >= 15 is 0 Å². The summed E-state index contributed by atoms with van der Waals surface area (Å²) < 4.78 is 19.5. The van der Waals surface area contributed by atoms with Crippen molar-refractivity contribution >= 4 is 21.9 Å². The Morgan fingerprint density at radius 1 is 1.40 bits per heavy atom. The molecule has 0 aliphatic rings. The van der Waals surface area contributed by atoms with Crippen molar-refractivity contribution in [3.8, 4) is 0 Å². The predicted octanol–water partition coefficient (Wildman–Crippen LogP) is 3.48. The lowest BCUT2D eigenvalue weighted by Gasteiger charge is -2.05. The molecular formula is C14H13BrFNO3. The van der Waals surface area contributed by atoms with Crippen molar-refractivity contribution in [2.45, 2.75) is 20.0 Å². The predicted molar refractivity (Wildman–Crippen MR) is 75.0 cm³/mol. The SMILES string of the molecule is Cc1cc(CNCc2cc(Br)ccc2F)oc1C(=O)O. The standard InChI is InChI=1S/C14H13BrFNO3/c1-8-4-11(20-13(8)14(18)19)7-17-6-9-5-10(15)2-3-12(9)16/h2-5,17H,6-7H2,1H3,(H,18,19). The van der Waals surface area contributed by atoms with Gasteiger partial charge in [-0.2, -0.15) is 0 Å². The quantitative estimate of drug-likeness (QED) is 0.873. The summed E-state index contributed by atoms with van der Waals surface area (Å²) in [4.78, 5) is 10.8. The largest absolute Gasteiger partial charge is 0.475 e. The van der Waals surface area contributed by atoms with Gasteiger partial charge in [-0.05, 0) is 31.2 Å². The van der Waals surface area contributed by atoms with E-state index in [1.807, 2.05) is 0 Å². The van der Waals surface area contributed by atoms with Gasteiger partial charge in [-0.1, -0.05) is 15.9 Å². The highest BCUT2D eigenvalue weighted by atomic mass is 79.9. The summed E-state index contributed by atoms with van der Waals surface area (Å²) in [6, 6.07) is 6.38. The van der Waals surface area contributed by atoms with E-state index in [0.717, 1.165) is 4.47 Å². The van der Waals surface area contributed by atoms with Gasteiger partial charge in [-0.3, -0.25) is 0 Å². The van der Waals surface area contributed by atoms with Gasteiger partial charge < -0.3 is 14.8 Å². The van der Waals surface area contributed by atoms with E-state index in [2.05, 4.69) is 21.2 Å². The lowest BCUT2D eigenvalue weighted by atomic mass is 10.2. The Morgan fingerprint density at radius 2 is 2.15 bits per heavy atom. The Kier molecular flexibility index (Phi) is 4.57. The number of carbonyl (C=O) groups is 1. The summed E-state index contributed by atoms with van der Waals surface area (Å²) in [5.41, 5.74) is 1.10. The van der Waals surface area contributed by atoms with Crippen LogP contribution in [0.1, 0.15) is 27.4 Å². The Balaban J connectivity index is 1.98. The van der Waals surface area contributed by atoms with Gasteiger partial charge in [0.25, 0.3) is 0 Å². The van der Waals surface area contributed by atoms with Crippen LogP contribution in [0, 0.1) is 12.7 Å². The van der Waals surface area contributed by atoms with Crippen molar-refractivity contribution in [2.75, 3.05) is 0 Å². The molecule has 106 valence electrons. The smallest absolute Gasteiger partial charge is 0.372 e. The van der Waals surface area contributed by atoms with Crippen LogP contribution in [0.15, 0.2) is 33.2 Å². The van der Waals surface area contributed by atoms with E-state index < -0.39 is 5.97 Å². The summed E-state index contributed by atoms with van der Waals surface area (Å²) in [5.74, 6) is -0.930. The number of aryl methyl sites for hydroxylation is 1. The summed E-state index contributed by atoms with van der Waals surface area (Å²) in [6.07, 6.45) is 0. The molecule has 4 nitrogen and oxygen atoms in total. The Bertz CT molecular complexity index is 639. The molecule has 0 spiro atoms. The number of halogens is 2. The van der Waals surface area contributed by atoms with Gasteiger partial charge in [0.05, 0.1) is 6.54 Å². The van der Waals surface area contributed by atoms with Crippen LogP contribution in [0.4, 0.5) is 4.39 Å². The molecular weight excluding hydrogens is 329 g/mol. The molecule has 0 bridgehead atoms. The third-order valence-electron chi connectivity index (χ3n) is 2.79. The molecule has 6 heteroatoms. The minimum absolute atomic E-state index is 0.0598. The Labute approximate surface area is 123 Å². The van der Waals surface area contributed by atoms with Gasteiger partial charge in [0.2, 0.25) is 5.76 Å². The van der Waals surface area contributed by atoms with Crippen LogP contribution < -0.4 is 5.32 Å². The zero-order chi connectivity index (χ0) is 14.7. The fraction of sp³-hybridized carbons (Fsp3) is 0.214. The molecule has 1 aromatic heterocycles. The molecule has 2 rings (SSSR count). The Hall–Kier alpha value is -1.66. The highest BCUT2D eigenvalue weighted by Gasteiger charge is 2.14. The molecule has 0 aliphatic heterocycles. The molecule has 0 atom stereocenters. The molecule has 0 radical (unpaired) electrons. The zero-order valence-corrected chi connectivity index (χ0v) is 12.3. The molecule has 1 aromatic carbocycles. The van der Waals surface area contributed by atoms with Crippen molar-refractivity contribution in [3.05, 3.63) is 57.2 Å². The van der Waals surface area contributed by atoms with Crippen molar-refractivity contribution in [2.24, 2.45) is 0 Å². The molecule has 20 heavy (non-hydrogen) atoms. The maximum absolute atomic E-state index is 13.5. The summed E-state index contributed by atoms with van der Waals surface area (Å²) in [6.45, 7) is 2.33. The van der Waals surface area contributed by atoms with Crippen LogP contribution in [-0.4, -0.2) is 11.1 Å². The average Bonchev–Trinajstić information content (AvgIpc) is 2.75. The number of hydrogen-bond donors (Lipinski definition) is 2. The van der Waals surface area contributed by atoms with Gasteiger partial charge >= 0.3 is 5.97 Å². The van der Waals surface area contributed by atoms with Crippen LogP contribution in [0.5, 0.6) is 0 Å². The van der Waals surface area contributed by atoms with Gasteiger partial charge in [0.1, 0.15) is 11.6 Å². The van der Waals surface area contributed by atoms with Crippen LogP contribution >= 0.6 is 15.9 Å². The van der Waals surface area contributed by atoms with Crippen molar-refractivity contribution < 1.29 is 18.7 Å². The van der Waals surface area contributed by atoms with Crippen LogP contribution in [-0.2, 0) is 13.1 Å². The number of aromatic carboxylic acids is 1. The first kappa shape index (κ1) is 14.7. The number of hydrogen-bond acceptors (Lipinski definition) is 3. The number of nitrogens with one attached hydrogen (secondary N) is 1. The number of benzene rings is 1. The minimum Gasteiger partial charge on any atom is -0.475 e. The van der Waals surface area contributed by atoms with Gasteiger partial charge in [-0.15, -0.1) is 0 Å². The maximum atomic E-state index is 13.5. The normalized spacial score (nSPS) is 10.8. The molecule has 0 saturated heterocycles. The summed E-state index contributed by atoms with van der Waals surface area (Å²) >= 11 is 3.28. The number of furan rings is 1. The number of carboxylic acids is 1. The fourth-order valence-corrected chi connectivity index (χ4v) is 2.26. The summed E-state index contributed by atoms with van der Waals surface area (Å²) in [7, 11) is 0. The van der Waals surface area contributed by atoms with E-state index in [0.29, 0.717) is 30.0 Å². The third-order valence-corrected chi connectivity index (χ3v) is 3.28. The van der Waals surface area contributed by atoms with E-state index in [-0.39, 0.29) is 11.6 Å². The van der Waals surface area contributed by atoms with Gasteiger partial charge in [0, 0.05) is 22.1 Å². The van der Waals surface area contributed by atoms with Crippen LogP contribution in [0.25, 0.3) is 0 Å². The second-order valence-corrected chi connectivity index (χ2v) is 5.28. The molecule has 2 N–H and O–H groups in total. The monoisotopic (exact) mass is 341 g/mol. The topological polar surface area (TPSA) is 62.5 Å². The molecule has 1 heterocycles. The highest BCUT2D eigenvalue weighted by molar-refractivity contribution is 9.10. The first-order valence-electron chi connectivity index (χ1n) is 5.94. The maximum Gasteiger partial charge on any atom is 0.372 e. The number of carboxylic acid groups (broad SMARTS) is 1. The Morgan fingerprint density at radius 3 is 2.80 bits per heavy atom.